The lowest BCUT2D eigenvalue weighted by molar-refractivity contribution is -0.116. The van der Waals surface area contributed by atoms with Crippen LogP contribution < -0.4 is 15.7 Å². The number of halogens is 1. The van der Waals surface area contributed by atoms with Crippen LogP contribution in [0.15, 0.2) is 57.7 Å². The Labute approximate surface area is 177 Å². The maximum Gasteiger partial charge on any atom is 0.343 e. The lowest BCUT2D eigenvalue weighted by Gasteiger charge is -2.19. The van der Waals surface area contributed by atoms with Crippen molar-refractivity contribution < 1.29 is 24.2 Å². The zero-order valence-electron chi connectivity index (χ0n) is 16.3. The zero-order chi connectivity index (χ0) is 21.8. The molecule has 0 aliphatic heterocycles. The number of amides is 1. The molecule has 3 rings (SSSR count). The second kappa shape index (κ2) is 8.92. The van der Waals surface area contributed by atoms with E-state index in [9.17, 15) is 19.8 Å². The van der Waals surface area contributed by atoms with Gasteiger partial charge >= 0.3 is 5.63 Å². The summed E-state index contributed by atoms with van der Waals surface area (Å²) in [6, 6.07) is 12.4. The van der Waals surface area contributed by atoms with Crippen LogP contribution in [0.25, 0.3) is 0 Å². The molecule has 1 amide bonds. The van der Waals surface area contributed by atoms with E-state index in [4.69, 9.17) is 20.8 Å². The minimum absolute atomic E-state index is 0.0774. The van der Waals surface area contributed by atoms with E-state index in [0.717, 1.165) is 0 Å². The number of phenolic OH excluding ortho intramolecular Hbond substituents is 1. The summed E-state index contributed by atoms with van der Waals surface area (Å²) < 4.78 is 10.2. The topological polar surface area (TPSA) is 109 Å². The van der Waals surface area contributed by atoms with E-state index in [1.54, 1.807) is 30.3 Å². The Balaban J connectivity index is 2.01. The molecule has 156 valence electrons. The minimum Gasteiger partial charge on any atom is -0.507 e. The molecule has 8 heteroatoms. The van der Waals surface area contributed by atoms with Gasteiger partial charge in [-0.1, -0.05) is 23.7 Å². The molecule has 7 nitrogen and oxygen atoms in total. The predicted octanol–water partition coefficient (Wildman–Crippen LogP) is 4.18. The fourth-order valence-corrected chi connectivity index (χ4v) is 3.39. The van der Waals surface area contributed by atoms with Crippen LogP contribution in [0.2, 0.25) is 5.02 Å². The smallest absolute Gasteiger partial charge is 0.343 e. The number of ether oxygens (including phenoxy) is 1. The van der Waals surface area contributed by atoms with Gasteiger partial charge < -0.3 is 24.7 Å². The summed E-state index contributed by atoms with van der Waals surface area (Å²) in [5.74, 6) is -1.28. The molecular weight excluding hydrogens is 410 g/mol. The van der Waals surface area contributed by atoms with E-state index in [1.807, 2.05) is 0 Å². The number of nitrogens with one attached hydrogen (secondary N) is 1. The van der Waals surface area contributed by atoms with Crippen molar-refractivity contribution in [3.63, 3.8) is 0 Å². The van der Waals surface area contributed by atoms with Gasteiger partial charge in [-0.25, -0.2) is 4.79 Å². The molecule has 30 heavy (non-hydrogen) atoms. The molecule has 0 aliphatic rings. The fraction of sp³-hybridized carbons (Fsp3) is 0.182. The first-order chi connectivity index (χ1) is 14.3. The molecule has 0 unspecified atom stereocenters. The molecule has 0 aliphatic carbocycles. The van der Waals surface area contributed by atoms with Crippen LogP contribution in [-0.4, -0.2) is 23.2 Å². The third-order valence-corrected chi connectivity index (χ3v) is 4.78. The van der Waals surface area contributed by atoms with Crippen LogP contribution in [0.5, 0.6) is 17.2 Å². The summed E-state index contributed by atoms with van der Waals surface area (Å²) in [5, 5.41) is 23.8. The van der Waals surface area contributed by atoms with E-state index in [0.29, 0.717) is 16.3 Å². The first kappa shape index (κ1) is 21.3. The Bertz CT molecular complexity index is 1140. The van der Waals surface area contributed by atoms with Crippen LogP contribution in [-0.2, 0) is 4.79 Å². The van der Waals surface area contributed by atoms with E-state index in [2.05, 4.69) is 5.32 Å². The Kier molecular flexibility index (Phi) is 6.32. The number of hydrogen-bond donors (Lipinski definition) is 3. The zero-order valence-corrected chi connectivity index (χ0v) is 17.1. The molecule has 0 saturated heterocycles. The Morgan fingerprint density at radius 1 is 1.17 bits per heavy atom. The Hall–Kier alpha value is -3.45. The van der Waals surface area contributed by atoms with E-state index in [1.165, 1.54) is 32.2 Å². The third kappa shape index (κ3) is 4.75. The molecule has 1 heterocycles. The highest BCUT2D eigenvalue weighted by molar-refractivity contribution is 6.30. The molecule has 0 spiro atoms. The second-order valence-electron chi connectivity index (χ2n) is 6.69. The summed E-state index contributed by atoms with van der Waals surface area (Å²) in [7, 11) is 1.41. The normalized spacial score (nSPS) is 11.7. The molecule has 0 bridgehead atoms. The number of carbonyl (C=O) groups is 1. The Morgan fingerprint density at radius 2 is 1.93 bits per heavy atom. The van der Waals surface area contributed by atoms with Crippen LogP contribution in [0, 0.1) is 6.92 Å². The van der Waals surface area contributed by atoms with E-state index in [-0.39, 0.29) is 35.0 Å². The van der Waals surface area contributed by atoms with Gasteiger partial charge in [0.25, 0.3) is 0 Å². The van der Waals surface area contributed by atoms with Gasteiger partial charge in [-0.3, -0.25) is 4.79 Å². The monoisotopic (exact) mass is 429 g/mol. The van der Waals surface area contributed by atoms with Crippen molar-refractivity contribution in [3.8, 4) is 17.2 Å². The molecule has 0 radical (unpaired) electrons. The number of anilines is 1. The quantitative estimate of drug-likeness (QED) is 0.542. The molecule has 0 fully saturated rings. The van der Waals surface area contributed by atoms with E-state index >= 15 is 0 Å². The van der Waals surface area contributed by atoms with Gasteiger partial charge in [-0.15, -0.1) is 0 Å². The summed E-state index contributed by atoms with van der Waals surface area (Å²) in [5.41, 5.74) is 0.0831. The third-order valence-electron chi connectivity index (χ3n) is 4.54. The average Bonchev–Trinajstić information content (AvgIpc) is 2.66. The molecule has 3 aromatic rings. The van der Waals surface area contributed by atoms with Gasteiger partial charge in [0.1, 0.15) is 11.5 Å². The van der Waals surface area contributed by atoms with Crippen molar-refractivity contribution in [2.24, 2.45) is 0 Å². The number of benzene rings is 2. The highest BCUT2D eigenvalue weighted by atomic mass is 35.5. The molecular formula is C22H20ClNO6. The van der Waals surface area contributed by atoms with Gasteiger partial charge in [0, 0.05) is 29.1 Å². The van der Waals surface area contributed by atoms with Crippen LogP contribution in [0.1, 0.15) is 29.2 Å². The number of aryl methyl sites for hydroxylation is 1. The minimum atomic E-state index is -0.877. The van der Waals surface area contributed by atoms with Gasteiger partial charge in [-0.05, 0) is 42.8 Å². The second-order valence-corrected chi connectivity index (χ2v) is 7.13. The highest BCUT2D eigenvalue weighted by Crippen LogP contribution is 2.36. The predicted molar refractivity (Wildman–Crippen MR) is 113 cm³/mol. The van der Waals surface area contributed by atoms with Gasteiger partial charge in [0.05, 0.1) is 12.7 Å². The molecule has 0 saturated carbocycles. The lowest BCUT2D eigenvalue weighted by atomic mass is 9.88. The largest absolute Gasteiger partial charge is 0.507 e. The van der Waals surface area contributed by atoms with Crippen molar-refractivity contribution in [2.45, 2.75) is 19.3 Å². The van der Waals surface area contributed by atoms with Gasteiger partial charge in [0.2, 0.25) is 5.91 Å². The number of carbonyl (C=O) groups excluding carboxylic acids is 1. The first-order valence-electron chi connectivity index (χ1n) is 9.04. The maximum absolute atomic E-state index is 12.7. The Morgan fingerprint density at radius 3 is 2.57 bits per heavy atom. The van der Waals surface area contributed by atoms with Crippen molar-refractivity contribution in [1.29, 1.82) is 0 Å². The van der Waals surface area contributed by atoms with Crippen LogP contribution in [0.3, 0.4) is 0 Å². The lowest BCUT2D eigenvalue weighted by Crippen LogP contribution is -2.21. The summed E-state index contributed by atoms with van der Waals surface area (Å²) in [6.07, 6.45) is -0.195. The highest BCUT2D eigenvalue weighted by Gasteiger charge is 2.26. The number of hydrogen-bond acceptors (Lipinski definition) is 6. The molecule has 3 N–H and O–H groups in total. The summed E-state index contributed by atoms with van der Waals surface area (Å²) in [4.78, 5) is 25.2. The van der Waals surface area contributed by atoms with Crippen molar-refractivity contribution >= 4 is 23.2 Å². The van der Waals surface area contributed by atoms with Gasteiger partial charge in [-0.2, -0.15) is 0 Å². The van der Waals surface area contributed by atoms with Gasteiger partial charge in [0.15, 0.2) is 11.5 Å². The van der Waals surface area contributed by atoms with E-state index < -0.39 is 17.5 Å². The van der Waals surface area contributed by atoms with Crippen molar-refractivity contribution in [1.82, 2.24) is 0 Å². The van der Waals surface area contributed by atoms with Crippen molar-refractivity contribution in [2.75, 3.05) is 12.4 Å². The van der Waals surface area contributed by atoms with Crippen molar-refractivity contribution in [3.05, 3.63) is 80.9 Å². The van der Waals surface area contributed by atoms with Crippen LogP contribution in [0.4, 0.5) is 5.69 Å². The summed E-state index contributed by atoms with van der Waals surface area (Å²) >= 11 is 5.95. The first-order valence-corrected chi connectivity index (χ1v) is 9.42. The SMILES string of the molecule is COc1ccc([C@@H](CC(=O)Nc2cccc(Cl)c2)c2c(O)cc(C)oc2=O)cc1O. The maximum atomic E-state index is 12.7. The number of aromatic hydroxyl groups is 2. The number of methoxy groups -OCH3 is 1. The molecule has 1 atom stereocenters. The van der Waals surface area contributed by atoms with Crippen LogP contribution >= 0.6 is 11.6 Å². The molecule has 1 aromatic heterocycles. The fourth-order valence-electron chi connectivity index (χ4n) is 3.20. The standard InChI is InChI=1S/C22H20ClNO6/c1-12-8-18(26)21(22(28)30-12)16(13-6-7-19(29-2)17(25)9-13)11-20(27)24-15-5-3-4-14(23)10-15/h3-10,16,25-26H,11H2,1-2H3,(H,24,27)/t16-/m1/s1. The number of phenols is 1. The summed E-state index contributed by atoms with van der Waals surface area (Å²) in [6.45, 7) is 1.53. The molecule has 2 aromatic carbocycles. The average molecular weight is 430 g/mol. The number of rotatable bonds is 6.